The van der Waals surface area contributed by atoms with Crippen LogP contribution >= 0.6 is 0 Å². The number of hydrogen-bond donors (Lipinski definition) is 1. The smallest absolute Gasteiger partial charge is 0.254 e. The third-order valence-corrected chi connectivity index (χ3v) is 9.75. The lowest BCUT2D eigenvalue weighted by Crippen LogP contribution is -2.40. The van der Waals surface area contributed by atoms with E-state index < -0.39 is 0 Å². The molecule has 0 aromatic carbocycles. The number of methoxy groups -OCH3 is 1. The molecule has 0 spiro atoms. The number of rotatable bonds is 6. The van der Waals surface area contributed by atoms with Gasteiger partial charge in [-0.15, -0.1) is 0 Å². The fraction of sp³-hybridized carbons (Fsp3) is 0.394. The molecule has 43 heavy (non-hydrogen) atoms. The topological polar surface area (TPSA) is 104 Å². The predicted molar refractivity (Wildman–Crippen MR) is 161 cm³/mol. The Kier molecular flexibility index (Phi) is 5.88. The summed E-state index contributed by atoms with van der Waals surface area (Å²) in [4.78, 5) is 29.9. The largest absolute Gasteiger partial charge is 0.482 e. The van der Waals surface area contributed by atoms with Crippen LogP contribution in [0.15, 0.2) is 42.7 Å². The van der Waals surface area contributed by atoms with E-state index in [2.05, 4.69) is 15.6 Å². The lowest BCUT2D eigenvalue weighted by atomic mass is 9.97. The molecule has 2 N–H and O–H groups in total. The van der Waals surface area contributed by atoms with Gasteiger partial charge in [0.15, 0.2) is 5.88 Å². The van der Waals surface area contributed by atoms with Crippen molar-refractivity contribution in [1.82, 2.24) is 28.8 Å². The van der Waals surface area contributed by atoms with Gasteiger partial charge in [-0.2, -0.15) is 0 Å². The molecule has 220 valence electrons. The number of fused-ring (bicyclic) bond motifs is 4. The molecule has 2 saturated heterocycles. The maximum absolute atomic E-state index is 14.4. The van der Waals surface area contributed by atoms with Gasteiger partial charge in [0, 0.05) is 53.4 Å². The standard InChI is InChI=1S/C33H34FN7O2/c1-17-23(14-36-15-24(17)34)26-8-6-20-10-28(39(32(20)37-26)16-19-4-5-19)31-18(2)40-29(38-31)11-21(12-30(40)43-3)33(42)41-22-7-9-27(41)25(35)13-22/h6,8,10-12,14-15,19,22,25,27H,4-5,7,9,13,16,35H2,1-3H3/t22-,25+,27+/m0/s1. The lowest BCUT2D eigenvalue weighted by Gasteiger charge is -2.23. The molecular formula is C33H34FN7O2. The van der Waals surface area contributed by atoms with Crippen molar-refractivity contribution >= 4 is 22.6 Å². The maximum atomic E-state index is 14.4. The zero-order valence-electron chi connectivity index (χ0n) is 24.5. The van der Waals surface area contributed by atoms with Gasteiger partial charge >= 0.3 is 0 Å². The van der Waals surface area contributed by atoms with Crippen LogP contribution in [-0.2, 0) is 6.54 Å². The second kappa shape index (κ2) is 9.60. The SMILES string of the molecule is COc1cc(C(=O)N2[C@H]3CC[C@@H]2[C@H](N)C3)cc2nc(-c3cc4ccc(-c5cncc(F)c5C)nc4n3CC3CC3)c(C)n12. The zero-order chi connectivity index (χ0) is 29.6. The van der Waals surface area contributed by atoms with E-state index in [-0.39, 0.29) is 29.8 Å². The number of amides is 1. The molecule has 9 nitrogen and oxygen atoms in total. The quantitative estimate of drug-likeness (QED) is 0.293. The summed E-state index contributed by atoms with van der Waals surface area (Å²) in [5.41, 5.74) is 13.0. The van der Waals surface area contributed by atoms with Crippen LogP contribution in [0.2, 0.25) is 0 Å². The van der Waals surface area contributed by atoms with Crippen molar-refractivity contribution in [3.05, 3.63) is 65.4 Å². The Bertz CT molecular complexity index is 1940. The third kappa shape index (κ3) is 4.06. The second-order valence-electron chi connectivity index (χ2n) is 12.4. The number of pyridine rings is 3. The molecule has 2 bridgehead atoms. The molecule has 5 aromatic heterocycles. The Morgan fingerprint density at radius 3 is 2.65 bits per heavy atom. The molecule has 3 atom stereocenters. The number of ether oxygens (including phenoxy) is 1. The molecule has 1 aliphatic carbocycles. The number of aromatic nitrogens is 5. The normalized spacial score (nSPS) is 21.4. The van der Waals surface area contributed by atoms with Crippen LogP contribution in [0.4, 0.5) is 4.39 Å². The molecule has 10 heteroatoms. The molecule has 3 fully saturated rings. The van der Waals surface area contributed by atoms with Crippen molar-refractivity contribution in [2.24, 2.45) is 11.7 Å². The summed E-state index contributed by atoms with van der Waals surface area (Å²) in [5, 5.41) is 0.988. The van der Waals surface area contributed by atoms with E-state index in [1.54, 1.807) is 20.2 Å². The Hall–Kier alpha value is -4.31. The fourth-order valence-electron chi connectivity index (χ4n) is 7.27. The van der Waals surface area contributed by atoms with Gasteiger partial charge in [0.1, 0.15) is 22.8 Å². The predicted octanol–water partition coefficient (Wildman–Crippen LogP) is 5.29. The number of imidazole rings is 1. The zero-order valence-corrected chi connectivity index (χ0v) is 24.5. The van der Waals surface area contributed by atoms with E-state index in [0.29, 0.717) is 39.8 Å². The maximum Gasteiger partial charge on any atom is 0.254 e. The minimum absolute atomic E-state index is 0.00911. The average molecular weight is 580 g/mol. The molecule has 1 saturated carbocycles. The van der Waals surface area contributed by atoms with E-state index in [9.17, 15) is 9.18 Å². The van der Waals surface area contributed by atoms with Crippen LogP contribution in [-0.4, -0.2) is 60.0 Å². The summed E-state index contributed by atoms with van der Waals surface area (Å²) in [5.74, 6) is 0.786. The van der Waals surface area contributed by atoms with Gasteiger partial charge in [0.05, 0.1) is 30.4 Å². The first-order chi connectivity index (χ1) is 20.8. The highest BCUT2D eigenvalue weighted by Crippen LogP contribution is 2.40. The summed E-state index contributed by atoms with van der Waals surface area (Å²) in [6, 6.07) is 10.1. The minimum Gasteiger partial charge on any atom is -0.482 e. The van der Waals surface area contributed by atoms with Crippen molar-refractivity contribution in [2.75, 3.05) is 7.11 Å². The third-order valence-electron chi connectivity index (χ3n) is 9.75. The van der Waals surface area contributed by atoms with Crippen LogP contribution in [0, 0.1) is 25.6 Å². The Balaban J connectivity index is 1.26. The molecule has 7 heterocycles. The van der Waals surface area contributed by atoms with Crippen LogP contribution in [0.25, 0.3) is 39.3 Å². The number of carbonyl (C=O) groups is 1. The fourth-order valence-corrected chi connectivity index (χ4v) is 7.27. The molecule has 5 aromatic rings. The van der Waals surface area contributed by atoms with E-state index in [1.165, 1.54) is 19.0 Å². The number of nitrogens with two attached hydrogens (primary N) is 1. The Morgan fingerprint density at radius 1 is 1.09 bits per heavy atom. The van der Waals surface area contributed by atoms with Crippen LogP contribution in [0.1, 0.15) is 53.7 Å². The van der Waals surface area contributed by atoms with Crippen LogP contribution in [0.3, 0.4) is 0 Å². The number of nitrogens with zero attached hydrogens (tertiary/aromatic N) is 6. The van der Waals surface area contributed by atoms with E-state index in [1.807, 2.05) is 40.5 Å². The molecule has 0 radical (unpaired) electrons. The molecule has 3 aliphatic rings. The molecule has 1 amide bonds. The molecule has 0 unspecified atom stereocenters. The summed E-state index contributed by atoms with van der Waals surface area (Å²) in [7, 11) is 1.62. The summed E-state index contributed by atoms with van der Waals surface area (Å²) in [6.07, 6.45) is 8.08. The highest BCUT2D eigenvalue weighted by atomic mass is 19.1. The average Bonchev–Trinajstić information content (AvgIpc) is 3.33. The Morgan fingerprint density at radius 2 is 1.93 bits per heavy atom. The van der Waals surface area contributed by atoms with Crippen molar-refractivity contribution in [2.45, 2.75) is 70.6 Å². The number of halogens is 1. The van der Waals surface area contributed by atoms with Crippen molar-refractivity contribution in [3.8, 4) is 28.5 Å². The molecule has 8 rings (SSSR count). The van der Waals surface area contributed by atoms with Gasteiger partial charge < -0.3 is 19.9 Å². The highest BCUT2D eigenvalue weighted by Gasteiger charge is 2.47. The lowest BCUT2D eigenvalue weighted by molar-refractivity contribution is 0.0726. The van der Waals surface area contributed by atoms with Gasteiger partial charge in [-0.3, -0.25) is 14.2 Å². The molecular weight excluding hydrogens is 545 g/mol. The van der Waals surface area contributed by atoms with Gasteiger partial charge in [0.2, 0.25) is 0 Å². The van der Waals surface area contributed by atoms with Gasteiger partial charge in [0.25, 0.3) is 5.91 Å². The van der Waals surface area contributed by atoms with E-state index in [0.717, 1.165) is 53.9 Å². The Labute approximate surface area is 248 Å². The van der Waals surface area contributed by atoms with Gasteiger partial charge in [-0.05, 0) is 81.7 Å². The van der Waals surface area contributed by atoms with E-state index in [4.69, 9.17) is 20.4 Å². The van der Waals surface area contributed by atoms with Gasteiger partial charge in [-0.1, -0.05) is 0 Å². The first-order valence-corrected chi connectivity index (χ1v) is 15.1. The number of hydrogen-bond acceptors (Lipinski definition) is 6. The van der Waals surface area contributed by atoms with E-state index >= 15 is 0 Å². The minimum atomic E-state index is -0.346. The highest BCUT2D eigenvalue weighted by molar-refractivity contribution is 5.97. The summed E-state index contributed by atoms with van der Waals surface area (Å²) in [6.45, 7) is 4.60. The van der Waals surface area contributed by atoms with Crippen molar-refractivity contribution in [3.63, 3.8) is 0 Å². The van der Waals surface area contributed by atoms with Crippen LogP contribution in [0.5, 0.6) is 5.88 Å². The first-order valence-electron chi connectivity index (χ1n) is 15.1. The first kappa shape index (κ1) is 26.3. The number of carbonyl (C=O) groups excluding carboxylic acids is 1. The second-order valence-corrected chi connectivity index (χ2v) is 12.4. The monoisotopic (exact) mass is 579 g/mol. The summed E-state index contributed by atoms with van der Waals surface area (Å²) >= 11 is 0. The van der Waals surface area contributed by atoms with Crippen LogP contribution < -0.4 is 10.5 Å². The van der Waals surface area contributed by atoms with Gasteiger partial charge in [-0.25, -0.2) is 14.4 Å². The molecule has 2 aliphatic heterocycles. The van der Waals surface area contributed by atoms with Crippen molar-refractivity contribution in [1.29, 1.82) is 0 Å². The summed E-state index contributed by atoms with van der Waals surface area (Å²) < 4.78 is 24.4. The number of aryl methyl sites for hydroxylation is 1. The van der Waals surface area contributed by atoms with Crippen molar-refractivity contribution < 1.29 is 13.9 Å².